The molecule has 0 fully saturated rings. The number of hydrogen-bond acceptors (Lipinski definition) is 4. The highest BCUT2D eigenvalue weighted by Crippen LogP contribution is 2.17. The number of pyridine rings is 1. The smallest absolute Gasteiger partial charge is 0.337 e. The first kappa shape index (κ1) is 10.6. The fourth-order valence-electron chi connectivity index (χ4n) is 1.13. The third-order valence-corrected chi connectivity index (χ3v) is 1.96. The molecule has 0 aliphatic rings. The molecule has 5 nitrogen and oxygen atoms in total. The van der Waals surface area contributed by atoms with Gasteiger partial charge in [-0.2, -0.15) is 0 Å². The fraction of sp³-hybridized carbons (Fsp3) is 0.333. The van der Waals surface area contributed by atoms with Crippen molar-refractivity contribution in [2.24, 2.45) is 5.73 Å². The lowest BCUT2D eigenvalue weighted by Crippen LogP contribution is -2.25. The van der Waals surface area contributed by atoms with Crippen molar-refractivity contribution in [3.8, 4) is 0 Å². The summed E-state index contributed by atoms with van der Waals surface area (Å²) in [5.74, 6) is -1.09. The Bertz CT molecular complexity index is 339. The Hall–Kier alpha value is -1.46. The number of nitrogens with zero attached hydrogens (tertiary/aromatic N) is 1. The number of rotatable bonds is 3. The molecule has 4 N–H and O–H groups in total. The molecule has 0 amide bonds. The second kappa shape index (κ2) is 4.17. The van der Waals surface area contributed by atoms with Gasteiger partial charge in [0, 0.05) is 12.4 Å². The van der Waals surface area contributed by atoms with Gasteiger partial charge in [-0.1, -0.05) is 0 Å². The Kier molecular flexibility index (Phi) is 3.16. The molecule has 0 unspecified atom stereocenters. The molecule has 14 heavy (non-hydrogen) atoms. The Labute approximate surface area is 81.2 Å². The highest BCUT2D eigenvalue weighted by molar-refractivity contribution is 5.89. The Morgan fingerprint density at radius 1 is 1.64 bits per heavy atom. The monoisotopic (exact) mass is 196 g/mol. The SMILES string of the molecule is C[C@@H](O)[C@H](N)c1ccncc1C(=O)O. The first-order valence-corrected chi connectivity index (χ1v) is 4.15. The zero-order valence-electron chi connectivity index (χ0n) is 7.71. The van der Waals surface area contributed by atoms with E-state index in [0.717, 1.165) is 0 Å². The van der Waals surface area contributed by atoms with Crippen molar-refractivity contribution in [3.05, 3.63) is 29.6 Å². The minimum atomic E-state index is -1.09. The molecule has 1 heterocycles. The Balaban J connectivity index is 3.13. The molecule has 0 saturated heterocycles. The van der Waals surface area contributed by atoms with Gasteiger partial charge < -0.3 is 15.9 Å². The van der Waals surface area contributed by atoms with Gasteiger partial charge in [0.25, 0.3) is 0 Å². The highest BCUT2D eigenvalue weighted by atomic mass is 16.4. The van der Waals surface area contributed by atoms with Crippen molar-refractivity contribution in [1.82, 2.24) is 4.98 Å². The number of aromatic carboxylic acids is 1. The van der Waals surface area contributed by atoms with Gasteiger partial charge in [-0.15, -0.1) is 0 Å². The van der Waals surface area contributed by atoms with E-state index >= 15 is 0 Å². The molecule has 1 aromatic rings. The standard InChI is InChI=1S/C9H12N2O3/c1-5(12)8(10)6-2-3-11-4-7(6)9(13)14/h2-5,8,12H,10H2,1H3,(H,13,14)/t5-,8+/m1/s1. The average Bonchev–Trinajstić information content (AvgIpc) is 2.16. The van der Waals surface area contributed by atoms with Gasteiger partial charge in [-0.3, -0.25) is 4.98 Å². The van der Waals surface area contributed by atoms with Gasteiger partial charge >= 0.3 is 5.97 Å². The summed E-state index contributed by atoms with van der Waals surface area (Å²) < 4.78 is 0. The lowest BCUT2D eigenvalue weighted by molar-refractivity contribution is 0.0693. The van der Waals surface area contributed by atoms with Gasteiger partial charge in [-0.25, -0.2) is 4.79 Å². The lowest BCUT2D eigenvalue weighted by atomic mass is 10.00. The number of hydrogen-bond donors (Lipinski definition) is 3. The van der Waals surface area contributed by atoms with Crippen LogP contribution < -0.4 is 5.73 Å². The summed E-state index contributed by atoms with van der Waals surface area (Å²) in [5, 5.41) is 18.1. The summed E-state index contributed by atoms with van der Waals surface area (Å²) in [7, 11) is 0. The normalized spacial score (nSPS) is 14.8. The van der Waals surface area contributed by atoms with E-state index in [-0.39, 0.29) is 5.56 Å². The van der Waals surface area contributed by atoms with Crippen molar-refractivity contribution in [3.63, 3.8) is 0 Å². The van der Waals surface area contributed by atoms with Crippen LogP contribution in [0.4, 0.5) is 0 Å². The number of carboxylic acids is 1. The molecule has 1 rings (SSSR count). The van der Waals surface area contributed by atoms with Gasteiger partial charge in [0.1, 0.15) is 0 Å². The topological polar surface area (TPSA) is 96.4 Å². The van der Waals surface area contributed by atoms with Gasteiger partial charge in [0.2, 0.25) is 0 Å². The van der Waals surface area contributed by atoms with Crippen molar-refractivity contribution >= 4 is 5.97 Å². The van der Waals surface area contributed by atoms with Crippen LogP contribution in [-0.2, 0) is 0 Å². The van der Waals surface area contributed by atoms with Crippen molar-refractivity contribution in [1.29, 1.82) is 0 Å². The fourth-order valence-corrected chi connectivity index (χ4v) is 1.13. The van der Waals surface area contributed by atoms with Gasteiger partial charge in [0.05, 0.1) is 17.7 Å². The molecule has 0 aliphatic heterocycles. The number of carboxylic acid groups (broad SMARTS) is 1. The van der Waals surface area contributed by atoms with Crippen LogP contribution in [0.2, 0.25) is 0 Å². The number of aliphatic hydroxyl groups excluding tert-OH is 1. The Morgan fingerprint density at radius 2 is 2.29 bits per heavy atom. The largest absolute Gasteiger partial charge is 0.478 e. The van der Waals surface area contributed by atoms with Gasteiger partial charge in [-0.05, 0) is 18.6 Å². The molecule has 0 saturated carbocycles. The molecule has 0 radical (unpaired) electrons. The quantitative estimate of drug-likeness (QED) is 0.639. The van der Waals surface area contributed by atoms with Crippen LogP contribution in [0.15, 0.2) is 18.5 Å². The zero-order valence-corrected chi connectivity index (χ0v) is 7.71. The maximum absolute atomic E-state index is 10.8. The molecule has 0 spiro atoms. The van der Waals surface area contributed by atoms with E-state index < -0.39 is 18.1 Å². The van der Waals surface area contributed by atoms with Crippen LogP contribution >= 0.6 is 0 Å². The minimum Gasteiger partial charge on any atom is -0.478 e. The molecule has 2 atom stereocenters. The number of aliphatic hydroxyl groups is 1. The predicted octanol–water partition coefficient (Wildman–Crippen LogP) is 0.160. The first-order valence-electron chi connectivity index (χ1n) is 4.15. The van der Waals surface area contributed by atoms with Crippen LogP contribution in [0.5, 0.6) is 0 Å². The van der Waals surface area contributed by atoms with Crippen molar-refractivity contribution in [2.75, 3.05) is 0 Å². The molecular formula is C9H12N2O3. The Morgan fingerprint density at radius 3 is 2.79 bits per heavy atom. The zero-order chi connectivity index (χ0) is 10.7. The predicted molar refractivity (Wildman–Crippen MR) is 49.8 cm³/mol. The molecule has 0 aliphatic carbocycles. The summed E-state index contributed by atoms with van der Waals surface area (Å²) in [6.07, 6.45) is 1.87. The van der Waals surface area contributed by atoms with Crippen molar-refractivity contribution < 1.29 is 15.0 Å². The molecule has 0 aromatic carbocycles. The number of carbonyl (C=O) groups is 1. The van der Waals surface area contributed by atoms with E-state index in [4.69, 9.17) is 10.8 Å². The van der Waals surface area contributed by atoms with Crippen LogP contribution in [0, 0.1) is 0 Å². The third-order valence-electron chi connectivity index (χ3n) is 1.96. The van der Waals surface area contributed by atoms with E-state index in [0.29, 0.717) is 5.56 Å². The van der Waals surface area contributed by atoms with E-state index in [1.165, 1.54) is 25.4 Å². The van der Waals surface area contributed by atoms with E-state index in [1.807, 2.05) is 0 Å². The maximum Gasteiger partial charge on any atom is 0.337 e. The minimum absolute atomic E-state index is 0.0286. The maximum atomic E-state index is 10.8. The second-order valence-corrected chi connectivity index (χ2v) is 3.03. The molecule has 76 valence electrons. The summed E-state index contributed by atoms with van der Waals surface area (Å²) in [6.45, 7) is 1.51. The first-order chi connectivity index (χ1) is 6.54. The molecular weight excluding hydrogens is 184 g/mol. The lowest BCUT2D eigenvalue weighted by Gasteiger charge is -2.16. The van der Waals surface area contributed by atoms with Crippen LogP contribution in [0.1, 0.15) is 28.9 Å². The number of nitrogens with two attached hydrogens (primary N) is 1. The van der Waals surface area contributed by atoms with E-state index in [9.17, 15) is 9.90 Å². The van der Waals surface area contributed by atoms with E-state index in [1.54, 1.807) is 0 Å². The number of aromatic nitrogens is 1. The van der Waals surface area contributed by atoms with Crippen LogP contribution in [0.3, 0.4) is 0 Å². The van der Waals surface area contributed by atoms with E-state index in [2.05, 4.69) is 4.98 Å². The molecule has 5 heteroatoms. The summed E-state index contributed by atoms with van der Waals surface area (Å²) in [4.78, 5) is 14.5. The summed E-state index contributed by atoms with van der Waals surface area (Å²) in [6, 6.07) is 0.796. The molecule has 1 aromatic heterocycles. The molecule has 0 bridgehead atoms. The van der Waals surface area contributed by atoms with Crippen LogP contribution in [-0.4, -0.2) is 27.3 Å². The highest BCUT2D eigenvalue weighted by Gasteiger charge is 2.19. The third kappa shape index (κ3) is 2.07. The average molecular weight is 196 g/mol. The summed E-state index contributed by atoms with van der Waals surface area (Å²) in [5.41, 5.74) is 6.06. The van der Waals surface area contributed by atoms with Crippen molar-refractivity contribution in [2.45, 2.75) is 19.1 Å². The van der Waals surface area contributed by atoms with Crippen LogP contribution in [0.25, 0.3) is 0 Å². The second-order valence-electron chi connectivity index (χ2n) is 3.03. The summed E-state index contributed by atoms with van der Waals surface area (Å²) >= 11 is 0. The van der Waals surface area contributed by atoms with Gasteiger partial charge in [0.15, 0.2) is 0 Å².